The Kier molecular flexibility index (Phi) is 9.80. The number of ether oxygens (including phenoxy) is 2. The molecule has 0 spiro atoms. The highest BCUT2D eigenvalue weighted by Gasteiger charge is 2.57. The third-order valence-electron chi connectivity index (χ3n) is 10.3. The predicted octanol–water partition coefficient (Wildman–Crippen LogP) is 9.11. The number of imide groups is 1. The number of carbonyl (C=O) groups is 2. The van der Waals surface area contributed by atoms with Gasteiger partial charge in [0, 0.05) is 23.5 Å². The molecule has 1 aromatic heterocycles. The fraction of sp³-hybridized carbons (Fsp3) is 0.205. The van der Waals surface area contributed by atoms with Crippen LogP contribution in [0.15, 0.2) is 139 Å². The van der Waals surface area contributed by atoms with E-state index in [0.29, 0.717) is 43.2 Å². The minimum atomic E-state index is -0.522. The molecule has 2 aliphatic heterocycles. The van der Waals surface area contributed by atoms with E-state index in [1.165, 1.54) is 11.0 Å². The molecule has 4 aromatic carbocycles. The van der Waals surface area contributed by atoms with Crippen molar-refractivity contribution in [1.82, 2.24) is 4.98 Å². The Morgan fingerprint density at radius 3 is 2.36 bits per heavy atom. The summed E-state index contributed by atoms with van der Waals surface area (Å²) in [5, 5.41) is 13.7. The van der Waals surface area contributed by atoms with Crippen molar-refractivity contribution in [1.29, 1.82) is 0 Å². The number of fused-ring (bicyclic) bond motifs is 3. The Morgan fingerprint density at radius 1 is 0.887 bits per heavy atom. The number of phenolic OH excluding ortho intramolecular Hbond substituents is 1. The Hall–Kier alpha value is -5.70. The number of aromatic nitrogens is 1. The molecule has 0 saturated carbocycles. The number of pyridine rings is 1. The second-order valence-corrected chi connectivity index (χ2v) is 14.0. The zero-order valence-electron chi connectivity index (χ0n) is 28.9. The van der Waals surface area contributed by atoms with Gasteiger partial charge in [0.25, 0.3) is 0 Å². The van der Waals surface area contributed by atoms with Crippen LogP contribution in [-0.4, -0.2) is 41.2 Å². The normalized spacial score (nSPS) is 21.1. The second-order valence-electron chi connectivity index (χ2n) is 13.6. The van der Waals surface area contributed by atoms with Gasteiger partial charge < -0.3 is 19.9 Å². The number of benzene rings is 4. The number of phenols is 1. The third-order valence-corrected chi connectivity index (χ3v) is 10.7. The van der Waals surface area contributed by atoms with Crippen LogP contribution >= 0.6 is 11.6 Å². The van der Waals surface area contributed by atoms with E-state index in [9.17, 15) is 14.7 Å². The number of carbonyl (C=O) groups excluding carboxylic acids is 2. The molecule has 8 rings (SSSR count). The first-order chi connectivity index (χ1) is 25.9. The number of allylic oxidation sites excluding steroid dienone is 1. The Labute approximate surface area is 313 Å². The first-order valence-corrected chi connectivity index (χ1v) is 18.2. The van der Waals surface area contributed by atoms with Crippen LogP contribution in [0.3, 0.4) is 0 Å². The van der Waals surface area contributed by atoms with Crippen molar-refractivity contribution in [2.75, 3.05) is 23.4 Å². The summed E-state index contributed by atoms with van der Waals surface area (Å²) >= 11 is 6.52. The molecule has 0 bridgehead atoms. The van der Waals surface area contributed by atoms with Crippen LogP contribution in [0.4, 0.5) is 17.1 Å². The average Bonchev–Trinajstić information content (AvgIpc) is 3.72. The van der Waals surface area contributed by atoms with Crippen LogP contribution in [0.2, 0.25) is 5.02 Å². The van der Waals surface area contributed by atoms with Gasteiger partial charge in [-0.25, -0.2) is 0 Å². The summed E-state index contributed by atoms with van der Waals surface area (Å²) < 4.78 is 12.8. The van der Waals surface area contributed by atoms with E-state index in [0.717, 1.165) is 45.1 Å². The molecule has 2 N–H and O–H groups in total. The van der Waals surface area contributed by atoms with Crippen LogP contribution in [0.5, 0.6) is 11.5 Å². The van der Waals surface area contributed by atoms with Crippen LogP contribution in [0.25, 0.3) is 11.6 Å². The Bertz CT molecular complexity index is 2170. The topological polar surface area (TPSA) is 101 Å². The first kappa shape index (κ1) is 34.4. The minimum absolute atomic E-state index is 0.0975. The van der Waals surface area contributed by atoms with Crippen molar-refractivity contribution >= 4 is 52.1 Å². The van der Waals surface area contributed by atoms with E-state index < -0.39 is 11.8 Å². The quantitative estimate of drug-likeness (QED) is 0.104. The van der Waals surface area contributed by atoms with Crippen LogP contribution < -0.4 is 15.0 Å². The number of amides is 2. The molecular formula is C44H38ClN3O5. The highest BCUT2D eigenvalue weighted by molar-refractivity contribution is 6.32. The summed E-state index contributed by atoms with van der Waals surface area (Å²) in [6.07, 6.45) is 5.13. The zero-order valence-corrected chi connectivity index (χ0v) is 29.7. The lowest BCUT2D eigenvalue weighted by Crippen LogP contribution is -2.35. The van der Waals surface area contributed by atoms with Gasteiger partial charge in [-0.2, -0.15) is 0 Å². The van der Waals surface area contributed by atoms with Gasteiger partial charge in [0.2, 0.25) is 11.8 Å². The fourth-order valence-electron chi connectivity index (χ4n) is 7.86. The summed E-state index contributed by atoms with van der Waals surface area (Å²) in [6, 6.07) is 37.6. The smallest absolute Gasteiger partial charge is 0.238 e. The molecule has 2 fully saturated rings. The SMILES string of the molecule is O=C1[C@@H]2[C@@H](CC(COc3ccccc3)=C3[C@@H](CC/C(=C/c4ccc(O)cc4Cl)c4ccccn4)OC[C@@H]32)C(=O)N1c1ccc(Nc2ccccc2)cc1. The highest BCUT2D eigenvalue weighted by Crippen LogP contribution is 2.51. The van der Waals surface area contributed by atoms with Gasteiger partial charge in [-0.1, -0.05) is 54.1 Å². The summed E-state index contributed by atoms with van der Waals surface area (Å²) in [7, 11) is 0. The lowest BCUT2D eigenvalue weighted by atomic mass is 9.69. The van der Waals surface area contributed by atoms with Crippen molar-refractivity contribution < 1.29 is 24.2 Å². The Balaban J connectivity index is 1.07. The summed E-state index contributed by atoms with van der Waals surface area (Å²) in [6.45, 7) is 0.640. The number of anilines is 3. The summed E-state index contributed by atoms with van der Waals surface area (Å²) in [5.41, 5.74) is 6.99. The number of halogens is 1. The molecule has 2 amide bonds. The van der Waals surface area contributed by atoms with E-state index in [1.54, 1.807) is 18.3 Å². The van der Waals surface area contributed by atoms with Gasteiger partial charge in [-0.3, -0.25) is 19.5 Å². The first-order valence-electron chi connectivity index (χ1n) is 17.8. The number of nitrogens with one attached hydrogen (secondary N) is 1. The van der Waals surface area contributed by atoms with E-state index in [2.05, 4.69) is 10.3 Å². The maximum absolute atomic E-state index is 14.3. The zero-order chi connectivity index (χ0) is 36.3. The van der Waals surface area contributed by atoms with Gasteiger partial charge in [0.05, 0.1) is 41.0 Å². The molecule has 266 valence electrons. The minimum Gasteiger partial charge on any atom is -0.508 e. The van der Waals surface area contributed by atoms with E-state index >= 15 is 0 Å². The number of hydrogen-bond donors (Lipinski definition) is 2. The van der Waals surface area contributed by atoms with Crippen molar-refractivity contribution in [2.45, 2.75) is 25.4 Å². The number of nitrogens with zero attached hydrogens (tertiary/aromatic N) is 2. The molecule has 5 aromatic rings. The standard InChI is InChI=1S/C44H38ClN3O5/c45-38-25-34(49)20-14-28(38)23-29(39-13-7-8-22-46-39)15-21-40-41-30(26-52-35-11-5-2-6-12-35)24-36-42(37(41)27-53-40)44(51)48(43(36)50)33-18-16-32(17-19-33)47-31-9-3-1-4-10-31/h1-14,16-20,22-23,25,36-37,40,42,47,49H,15,21,24,26-27H2/b29-23-/t36-,37+,40-,42-/m1/s1. The number of hydrogen-bond acceptors (Lipinski definition) is 7. The number of para-hydroxylation sites is 2. The molecule has 53 heavy (non-hydrogen) atoms. The molecule has 3 aliphatic rings. The maximum Gasteiger partial charge on any atom is 0.238 e. The molecule has 0 unspecified atom stereocenters. The van der Waals surface area contributed by atoms with Crippen LogP contribution in [0.1, 0.15) is 30.5 Å². The van der Waals surface area contributed by atoms with E-state index in [-0.39, 0.29) is 29.6 Å². The van der Waals surface area contributed by atoms with Gasteiger partial charge >= 0.3 is 0 Å². The summed E-state index contributed by atoms with van der Waals surface area (Å²) in [4.78, 5) is 34.5. The predicted molar refractivity (Wildman–Crippen MR) is 207 cm³/mol. The molecule has 4 atom stereocenters. The lowest BCUT2D eigenvalue weighted by Gasteiger charge is -2.31. The van der Waals surface area contributed by atoms with Gasteiger partial charge in [-0.05, 0) is 126 Å². The third kappa shape index (κ3) is 7.20. The number of aromatic hydroxyl groups is 1. The molecule has 2 saturated heterocycles. The van der Waals surface area contributed by atoms with E-state index in [4.69, 9.17) is 21.1 Å². The van der Waals surface area contributed by atoms with Crippen LogP contribution in [0, 0.1) is 17.8 Å². The molecule has 0 radical (unpaired) electrons. The van der Waals surface area contributed by atoms with Crippen molar-refractivity contribution in [2.24, 2.45) is 17.8 Å². The largest absolute Gasteiger partial charge is 0.508 e. The molecule has 3 heterocycles. The summed E-state index contributed by atoms with van der Waals surface area (Å²) in [5.74, 6) is -0.810. The van der Waals surface area contributed by atoms with Gasteiger partial charge in [0.15, 0.2) is 0 Å². The van der Waals surface area contributed by atoms with Crippen LogP contribution in [-0.2, 0) is 14.3 Å². The van der Waals surface area contributed by atoms with E-state index in [1.807, 2.05) is 109 Å². The van der Waals surface area contributed by atoms with Crippen molar-refractivity contribution in [3.63, 3.8) is 0 Å². The average molecular weight is 724 g/mol. The van der Waals surface area contributed by atoms with Crippen molar-refractivity contribution in [3.8, 4) is 11.5 Å². The molecular weight excluding hydrogens is 686 g/mol. The second kappa shape index (κ2) is 15.1. The Morgan fingerprint density at radius 2 is 1.62 bits per heavy atom. The molecule has 8 nitrogen and oxygen atoms in total. The lowest BCUT2D eigenvalue weighted by molar-refractivity contribution is -0.122. The monoisotopic (exact) mass is 723 g/mol. The fourth-order valence-corrected chi connectivity index (χ4v) is 8.09. The molecule has 1 aliphatic carbocycles. The molecule has 9 heteroatoms. The highest BCUT2D eigenvalue weighted by atomic mass is 35.5. The van der Waals surface area contributed by atoms with Crippen molar-refractivity contribution in [3.05, 3.63) is 155 Å². The van der Waals surface area contributed by atoms with Gasteiger partial charge in [-0.15, -0.1) is 0 Å². The number of rotatable bonds is 11. The maximum atomic E-state index is 14.3. The van der Waals surface area contributed by atoms with Gasteiger partial charge in [0.1, 0.15) is 18.1 Å².